The molecule has 0 amide bonds. The average Bonchev–Trinajstić information content (AvgIpc) is 2.58. The van der Waals surface area contributed by atoms with Gasteiger partial charge in [-0.1, -0.05) is 24.3 Å². The topological polar surface area (TPSA) is 3.24 Å². The molecule has 0 atom stereocenters. The molecule has 0 aromatic heterocycles. The summed E-state index contributed by atoms with van der Waals surface area (Å²) in [7, 11) is 2.16. The summed E-state index contributed by atoms with van der Waals surface area (Å²) in [5, 5.41) is 0. The molecule has 0 aliphatic heterocycles. The fourth-order valence-electron chi connectivity index (χ4n) is 2.00. The van der Waals surface area contributed by atoms with Crippen LogP contribution in [0.1, 0.15) is 32.1 Å². The van der Waals surface area contributed by atoms with Gasteiger partial charge in [0.05, 0.1) is 0 Å². The lowest BCUT2D eigenvalue weighted by Crippen LogP contribution is -2.15. The Bertz CT molecular complexity index is 331. The zero-order valence-electron chi connectivity index (χ0n) is 9.45. The summed E-state index contributed by atoms with van der Waals surface area (Å²) < 4.78 is 0. The van der Waals surface area contributed by atoms with E-state index >= 15 is 0 Å². The molecule has 2 aliphatic carbocycles. The van der Waals surface area contributed by atoms with Crippen molar-refractivity contribution in [2.75, 3.05) is 7.05 Å². The maximum absolute atomic E-state index is 2.34. The highest BCUT2D eigenvalue weighted by atomic mass is 15.1. The first-order chi connectivity index (χ1) is 7.38. The van der Waals surface area contributed by atoms with E-state index in [1.165, 1.54) is 43.5 Å². The molecule has 0 bridgehead atoms. The van der Waals surface area contributed by atoms with Crippen molar-refractivity contribution in [3.63, 3.8) is 0 Å². The third-order valence-electron chi connectivity index (χ3n) is 2.97. The second kappa shape index (κ2) is 5.01. The number of rotatable bonds is 2. The molecule has 0 spiro atoms. The highest BCUT2D eigenvalue weighted by molar-refractivity contribution is 5.30. The zero-order valence-corrected chi connectivity index (χ0v) is 9.45. The highest BCUT2D eigenvalue weighted by Gasteiger charge is 2.07. The third kappa shape index (κ3) is 2.62. The van der Waals surface area contributed by atoms with Crippen molar-refractivity contribution in [1.29, 1.82) is 0 Å². The van der Waals surface area contributed by atoms with Gasteiger partial charge in [-0.15, -0.1) is 0 Å². The summed E-state index contributed by atoms with van der Waals surface area (Å²) in [4.78, 5) is 2.29. The molecular formula is C14H19N. The molecule has 0 aromatic rings. The molecule has 0 aromatic carbocycles. The lowest BCUT2D eigenvalue weighted by Gasteiger charge is -2.23. The van der Waals surface area contributed by atoms with E-state index in [1.807, 2.05) is 0 Å². The van der Waals surface area contributed by atoms with Gasteiger partial charge in [0.15, 0.2) is 0 Å². The molecule has 0 heterocycles. The molecule has 0 saturated carbocycles. The SMILES string of the molecule is CN(C1=CCCC=C1)C1=CCCCC=C1. The lowest BCUT2D eigenvalue weighted by molar-refractivity contribution is 0.545. The zero-order chi connectivity index (χ0) is 10.5. The van der Waals surface area contributed by atoms with Gasteiger partial charge in [0.25, 0.3) is 0 Å². The molecule has 1 nitrogen and oxygen atoms in total. The Balaban J connectivity index is 2.12. The van der Waals surface area contributed by atoms with E-state index in [4.69, 9.17) is 0 Å². The largest absolute Gasteiger partial charge is 0.345 e. The van der Waals surface area contributed by atoms with Crippen LogP contribution >= 0.6 is 0 Å². The van der Waals surface area contributed by atoms with Gasteiger partial charge in [-0.2, -0.15) is 0 Å². The normalized spacial score (nSPS) is 20.6. The molecule has 1 heteroatoms. The quantitative estimate of drug-likeness (QED) is 0.657. The summed E-state index contributed by atoms with van der Waals surface area (Å²) in [5.74, 6) is 0. The molecule has 15 heavy (non-hydrogen) atoms. The van der Waals surface area contributed by atoms with Crippen molar-refractivity contribution < 1.29 is 0 Å². The fraction of sp³-hybridized carbons (Fsp3) is 0.429. The molecule has 80 valence electrons. The van der Waals surface area contributed by atoms with Gasteiger partial charge in [0, 0.05) is 18.4 Å². The second-order valence-corrected chi connectivity index (χ2v) is 4.13. The fourth-order valence-corrected chi connectivity index (χ4v) is 2.00. The molecule has 0 radical (unpaired) electrons. The molecule has 2 aliphatic rings. The Labute approximate surface area is 92.5 Å². The molecule has 0 unspecified atom stereocenters. The number of allylic oxidation sites excluding steroid dienone is 6. The van der Waals surface area contributed by atoms with Crippen molar-refractivity contribution >= 4 is 0 Å². The summed E-state index contributed by atoms with van der Waals surface area (Å²) in [6.07, 6.45) is 19.7. The van der Waals surface area contributed by atoms with Gasteiger partial charge in [-0.25, -0.2) is 0 Å². The van der Waals surface area contributed by atoms with Gasteiger partial charge in [-0.3, -0.25) is 0 Å². The van der Waals surface area contributed by atoms with E-state index in [0.29, 0.717) is 0 Å². The second-order valence-electron chi connectivity index (χ2n) is 4.13. The van der Waals surface area contributed by atoms with Crippen LogP contribution in [0.4, 0.5) is 0 Å². The molecule has 0 saturated heterocycles. The minimum absolute atomic E-state index is 1.17. The predicted octanol–water partition coefficient (Wildman–Crippen LogP) is 3.78. The lowest BCUT2D eigenvalue weighted by atomic mass is 10.1. The Hall–Kier alpha value is -1.24. The van der Waals surface area contributed by atoms with E-state index < -0.39 is 0 Å². The van der Waals surface area contributed by atoms with E-state index in [9.17, 15) is 0 Å². The van der Waals surface area contributed by atoms with Crippen LogP contribution in [-0.4, -0.2) is 11.9 Å². The number of nitrogens with zero attached hydrogens (tertiary/aromatic N) is 1. The first kappa shape index (κ1) is 10.3. The summed E-state index contributed by atoms with van der Waals surface area (Å²) >= 11 is 0. The van der Waals surface area contributed by atoms with Crippen molar-refractivity contribution in [2.45, 2.75) is 32.1 Å². The first-order valence-corrected chi connectivity index (χ1v) is 5.85. The molecule has 0 fully saturated rings. The van der Waals surface area contributed by atoms with E-state index in [1.54, 1.807) is 0 Å². The number of hydrogen-bond acceptors (Lipinski definition) is 1. The van der Waals surface area contributed by atoms with Gasteiger partial charge in [0.1, 0.15) is 0 Å². The minimum atomic E-state index is 1.17. The minimum Gasteiger partial charge on any atom is -0.345 e. The third-order valence-corrected chi connectivity index (χ3v) is 2.97. The number of hydrogen-bond donors (Lipinski definition) is 0. The van der Waals surface area contributed by atoms with E-state index in [-0.39, 0.29) is 0 Å². The van der Waals surface area contributed by atoms with Crippen LogP contribution in [0.25, 0.3) is 0 Å². The Kier molecular flexibility index (Phi) is 3.44. The van der Waals surface area contributed by atoms with Crippen LogP contribution in [0.3, 0.4) is 0 Å². The Morgan fingerprint density at radius 3 is 2.27 bits per heavy atom. The highest BCUT2D eigenvalue weighted by Crippen LogP contribution is 2.20. The van der Waals surface area contributed by atoms with Gasteiger partial charge in [-0.05, 0) is 44.3 Å². The summed E-state index contributed by atoms with van der Waals surface area (Å²) in [6, 6.07) is 0. The van der Waals surface area contributed by atoms with Crippen molar-refractivity contribution in [2.24, 2.45) is 0 Å². The van der Waals surface area contributed by atoms with Gasteiger partial charge < -0.3 is 4.90 Å². The van der Waals surface area contributed by atoms with E-state index in [2.05, 4.69) is 48.4 Å². The molecule has 2 rings (SSSR count). The van der Waals surface area contributed by atoms with Crippen LogP contribution in [0.5, 0.6) is 0 Å². The summed E-state index contributed by atoms with van der Waals surface area (Å²) in [6.45, 7) is 0. The Morgan fingerprint density at radius 1 is 0.867 bits per heavy atom. The maximum atomic E-state index is 2.34. The van der Waals surface area contributed by atoms with Crippen LogP contribution in [-0.2, 0) is 0 Å². The molecular weight excluding hydrogens is 182 g/mol. The van der Waals surface area contributed by atoms with Crippen LogP contribution in [0.2, 0.25) is 0 Å². The van der Waals surface area contributed by atoms with Crippen LogP contribution in [0.15, 0.2) is 47.9 Å². The van der Waals surface area contributed by atoms with E-state index in [0.717, 1.165) is 0 Å². The smallest absolute Gasteiger partial charge is 0.0364 e. The van der Waals surface area contributed by atoms with Crippen LogP contribution in [0, 0.1) is 0 Å². The van der Waals surface area contributed by atoms with Crippen molar-refractivity contribution in [3.8, 4) is 0 Å². The standard InChI is InChI=1S/C14H19N/c1-15(14-11-7-4-8-12-14)13-9-5-2-3-6-10-13/h5,7,9-12H,2-4,6,8H2,1H3. The van der Waals surface area contributed by atoms with Crippen molar-refractivity contribution in [1.82, 2.24) is 4.90 Å². The van der Waals surface area contributed by atoms with Gasteiger partial charge >= 0.3 is 0 Å². The number of likely N-dealkylation sites (N-methyl/N-ethyl adjacent to an activating group) is 1. The summed E-state index contributed by atoms with van der Waals surface area (Å²) in [5.41, 5.74) is 2.67. The Morgan fingerprint density at radius 2 is 1.53 bits per heavy atom. The monoisotopic (exact) mass is 201 g/mol. The molecule has 0 N–H and O–H groups in total. The van der Waals surface area contributed by atoms with Gasteiger partial charge in [0.2, 0.25) is 0 Å². The average molecular weight is 201 g/mol. The van der Waals surface area contributed by atoms with Crippen molar-refractivity contribution in [3.05, 3.63) is 47.9 Å². The first-order valence-electron chi connectivity index (χ1n) is 5.85. The maximum Gasteiger partial charge on any atom is 0.0364 e. The predicted molar refractivity (Wildman–Crippen MR) is 65.3 cm³/mol. The van der Waals surface area contributed by atoms with Crippen LogP contribution < -0.4 is 0 Å².